The van der Waals surface area contributed by atoms with Gasteiger partial charge in [0.05, 0.1) is 6.42 Å². The Balaban J connectivity index is 1.99. The summed E-state index contributed by atoms with van der Waals surface area (Å²) in [6, 6.07) is 5.25. The van der Waals surface area contributed by atoms with Crippen LogP contribution in [0.25, 0.3) is 0 Å². The minimum absolute atomic E-state index is 0.134. The second-order valence-corrected chi connectivity index (χ2v) is 6.16. The Morgan fingerprint density at radius 2 is 2.25 bits per heavy atom. The summed E-state index contributed by atoms with van der Waals surface area (Å²) < 4.78 is 0. The molecule has 1 saturated heterocycles. The van der Waals surface area contributed by atoms with E-state index in [0.717, 1.165) is 31.6 Å². The summed E-state index contributed by atoms with van der Waals surface area (Å²) in [6.07, 6.45) is 2.58. The summed E-state index contributed by atoms with van der Waals surface area (Å²) in [5.74, 6) is 0.683. The van der Waals surface area contributed by atoms with Gasteiger partial charge in [-0.05, 0) is 56.1 Å². The molecule has 20 heavy (non-hydrogen) atoms. The molecular formula is C15H20Cl2N2O. The second-order valence-electron chi connectivity index (χ2n) is 5.32. The number of carbonyl (C=O) groups excluding carboxylic acids is 1. The third kappa shape index (κ3) is 4.11. The lowest BCUT2D eigenvalue weighted by molar-refractivity contribution is -0.132. The molecule has 0 aliphatic carbocycles. The first-order chi connectivity index (χ1) is 9.60. The zero-order chi connectivity index (χ0) is 14.5. The normalized spacial score (nSPS) is 19.1. The van der Waals surface area contributed by atoms with E-state index in [-0.39, 0.29) is 5.91 Å². The molecule has 110 valence electrons. The first kappa shape index (κ1) is 15.6. The zero-order valence-electron chi connectivity index (χ0n) is 11.7. The maximum absolute atomic E-state index is 12.4. The fourth-order valence-electron chi connectivity index (χ4n) is 2.70. The van der Waals surface area contributed by atoms with Crippen molar-refractivity contribution in [1.82, 2.24) is 10.2 Å². The highest BCUT2D eigenvalue weighted by Gasteiger charge is 2.23. The van der Waals surface area contributed by atoms with Gasteiger partial charge in [0.1, 0.15) is 0 Å². The Kier molecular flexibility index (Phi) is 5.70. The van der Waals surface area contributed by atoms with Crippen molar-refractivity contribution >= 4 is 29.1 Å². The summed E-state index contributed by atoms with van der Waals surface area (Å²) in [7, 11) is 1.95. The number of hydrogen-bond donors (Lipinski definition) is 1. The van der Waals surface area contributed by atoms with Crippen molar-refractivity contribution in [3.63, 3.8) is 0 Å². The minimum Gasteiger partial charge on any atom is -0.342 e. The van der Waals surface area contributed by atoms with Crippen LogP contribution in [-0.2, 0) is 11.2 Å². The molecule has 1 amide bonds. The van der Waals surface area contributed by atoms with Gasteiger partial charge in [-0.15, -0.1) is 0 Å². The molecule has 1 aliphatic heterocycles. The van der Waals surface area contributed by atoms with Crippen LogP contribution in [0.4, 0.5) is 0 Å². The minimum atomic E-state index is 0.134. The first-order valence-corrected chi connectivity index (χ1v) is 7.72. The molecule has 0 saturated carbocycles. The monoisotopic (exact) mass is 314 g/mol. The SMILES string of the molecule is CNCC1CCCN(C(=O)Cc2cc(Cl)ccc2Cl)C1. The Morgan fingerprint density at radius 3 is 3.00 bits per heavy atom. The van der Waals surface area contributed by atoms with Crippen LogP contribution in [0.5, 0.6) is 0 Å². The molecular weight excluding hydrogens is 295 g/mol. The fourth-order valence-corrected chi connectivity index (χ4v) is 3.08. The Hall–Kier alpha value is -0.770. The predicted octanol–water partition coefficient (Wildman–Crippen LogP) is 2.99. The van der Waals surface area contributed by atoms with Crippen molar-refractivity contribution in [1.29, 1.82) is 0 Å². The third-order valence-electron chi connectivity index (χ3n) is 3.71. The van der Waals surface area contributed by atoms with E-state index in [9.17, 15) is 4.79 Å². The Labute approximate surface area is 130 Å². The molecule has 1 N–H and O–H groups in total. The third-order valence-corrected chi connectivity index (χ3v) is 4.32. The first-order valence-electron chi connectivity index (χ1n) is 6.96. The molecule has 5 heteroatoms. The highest BCUT2D eigenvalue weighted by molar-refractivity contribution is 6.33. The van der Waals surface area contributed by atoms with E-state index >= 15 is 0 Å². The summed E-state index contributed by atoms with van der Waals surface area (Å²) in [5.41, 5.74) is 0.805. The van der Waals surface area contributed by atoms with Crippen LogP contribution in [0.3, 0.4) is 0 Å². The molecule has 1 heterocycles. The zero-order valence-corrected chi connectivity index (χ0v) is 13.2. The van der Waals surface area contributed by atoms with Crippen LogP contribution in [0.1, 0.15) is 18.4 Å². The van der Waals surface area contributed by atoms with Gasteiger partial charge < -0.3 is 10.2 Å². The molecule has 0 aromatic heterocycles. The van der Waals surface area contributed by atoms with E-state index in [1.807, 2.05) is 11.9 Å². The number of hydrogen-bond acceptors (Lipinski definition) is 2. The molecule has 1 unspecified atom stereocenters. The van der Waals surface area contributed by atoms with Crippen molar-refractivity contribution in [2.24, 2.45) is 5.92 Å². The van der Waals surface area contributed by atoms with Crippen LogP contribution < -0.4 is 5.32 Å². The van der Waals surface area contributed by atoms with E-state index in [1.165, 1.54) is 6.42 Å². The van der Waals surface area contributed by atoms with Crippen LogP contribution in [0.15, 0.2) is 18.2 Å². The molecule has 1 aromatic carbocycles. The van der Waals surface area contributed by atoms with E-state index in [4.69, 9.17) is 23.2 Å². The number of nitrogens with one attached hydrogen (secondary N) is 1. The number of amides is 1. The van der Waals surface area contributed by atoms with E-state index in [2.05, 4.69) is 5.32 Å². The van der Waals surface area contributed by atoms with Crippen LogP contribution in [-0.4, -0.2) is 37.5 Å². The number of piperidine rings is 1. The van der Waals surface area contributed by atoms with Gasteiger partial charge in [0, 0.05) is 23.1 Å². The smallest absolute Gasteiger partial charge is 0.227 e. The molecule has 1 fully saturated rings. The summed E-state index contributed by atoms with van der Waals surface area (Å²) >= 11 is 12.1. The lowest BCUT2D eigenvalue weighted by Gasteiger charge is -2.33. The van der Waals surface area contributed by atoms with Gasteiger partial charge in [-0.3, -0.25) is 4.79 Å². The molecule has 3 nitrogen and oxygen atoms in total. The number of benzene rings is 1. The second kappa shape index (κ2) is 7.30. The van der Waals surface area contributed by atoms with Gasteiger partial charge in [-0.1, -0.05) is 23.2 Å². The quantitative estimate of drug-likeness (QED) is 0.926. The van der Waals surface area contributed by atoms with Crippen molar-refractivity contribution < 1.29 is 4.79 Å². The number of likely N-dealkylation sites (tertiary alicyclic amines) is 1. The van der Waals surface area contributed by atoms with Gasteiger partial charge >= 0.3 is 0 Å². The van der Waals surface area contributed by atoms with Crippen molar-refractivity contribution in [2.75, 3.05) is 26.7 Å². The molecule has 0 radical (unpaired) electrons. The highest BCUT2D eigenvalue weighted by atomic mass is 35.5. The average Bonchev–Trinajstić information content (AvgIpc) is 2.43. The number of halogens is 2. The Bertz CT molecular complexity index is 477. The van der Waals surface area contributed by atoms with Gasteiger partial charge in [0.25, 0.3) is 0 Å². The largest absolute Gasteiger partial charge is 0.342 e. The summed E-state index contributed by atoms with van der Waals surface area (Å²) in [4.78, 5) is 14.3. The fraction of sp³-hybridized carbons (Fsp3) is 0.533. The molecule has 0 spiro atoms. The summed E-state index contributed by atoms with van der Waals surface area (Å²) in [6.45, 7) is 2.64. The number of carbonyl (C=O) groups is 1. The number of nitrogens with zero attached hydrogens (tertiary/aromatic N) is 1. The van der Waals surface area contributed by atoms with E-state index in [0.29, 0.717) is 22.4 Å². The predicted molar refractivity (Wildman–Crippen MR) is 83.4 cm³/mol. The van der Waals surface area contributed by atoms with Crippen molar-refractivity contribution in [2.45, 2.75) is 19.3 Å². The van der Waals surface area contributed by atoms with Crippen molar-refractivity contribution in [3.8, 4) is 0 Å². The van der Waals surface area contributed by atoms with Gasteiger partial charge in [0.2, 0.25) is 5.91 Å². The maximum atomic E-state index is 12.4. The molecule has 1 aliphatic rings. The van der Waals surface area contributed by atoms with Gasteiger partial charge in [-0.25, -0.2) is 0 Å². The van der Waals surface area contributed by atoms with Gasteiger partial charge in [-0.2, -0.15) is 0 Å². The van der Waals surface area contributed by atoms with Gasteiger partial charge in [0.15, 0.2) is 0 Å². The van der Waals surface area contributed by atoms with E-state index in [1.54, 1.807) is 18.2 Å². The molecule has 1 atom stereocenters. The van der Waals surface area contributed by atoms with Crippen LogP contribution in [0, 0.1) is 5.92 Å². The highest BCUT2D eigenvalue weighted by Crippen LogP contribution is 2.23. The standard InChI is InChI=1S/C15H20Cl2N2O/c1-18-9-11-3-2-6-19(10-11)15(20)8-12-7-13(16)4-5-14(12)17/h4-5,7,11,18H,2-3,6,8-10H2,1H3. The van der Waals surface area contributed by atoms with E-state index < -0.39 is 0 Å². The summed E-state index contributed by atoms with van der Waals surface area (Å²) in [5, 5.41) is 4.40. The van der Waals surface area contributed by atoms with Crippen LogP contribution >= 0.6 is 23.2 Å². The maximum Gasteiger partial charge on any atom is 0.227 e. The molecule has 1 aromatic rings. The topological polar surface area (TPSA) is 32.3 Å². The molecule has 2 rings (SSSR count). The van der Waals surface area contributed by atoms with Crippen molar-refractivity contribution in [3.05, 3.63) is 33.8 Å². The lowest BCUT2D eigenvalue weighted by atomic mass is 9.97. The Morgan fingerprint density at radius 1 is 1.45 bits per heavy atom. The molecule has 0 bridgehead atoms. The van der Waals surface area contributed by atoms with Crippen LogP contribution in [0.2, 0.25) is 10.0 Å². The number of rotatable bonds is 4. The lowest BCUT2D eigenvalue weighted by Crippen LogP contribution is -2.43. The average molecular weight is 315 g/mol.